The van der Waals surface area contributed by atoms with Crippen molar-refractivity contribution < 1.29 is 22.4 Å². The van der Waals surface area contributed by atoms with E-state index < -0.39 is 17.6 Å². The molecule has 2 aromatic heterocycles. The van der Waals surface area contributed by atoms with Crippen LogP contribution in [0.15, 0.2) is 52.2 Å². The summed E-state index contributed by atoms with van der Waals surface area (Å²) >= 11 is 1.43. The Balaban J connectivity index is 1.70. The second kappa shape index (κ2) is 6.20. The number of rotatable bonds is 2. The molecule has 3 aromatic rings. The molecule has 0 aliphatic carbocycles. The summed E-state index contributed by atoms with van der Waals surface area (Å²) in [7, 11) is 0. The highest BCUT2D eigenvalue weighted by Gasteiger charge is 2.32. The smallest absolute Gasteiger partial charge is 0.416 e. The van der Waals surface area contributed by atoms with Crippen LogP contribution in [0.3, 0.4) is 0 Å². The van der Waals surface area contributed by atoms with Crippen LogP contribution in [0.25, 0.3) is 11.6 Å². The van der Waals surface area contributed by atoms with Gasteiger partial charge in [-0.05, 0) is 36.4 Å². The van der Waals surface area contributed by atoms with Crippen LogP contribution in [0, 0.1) is 0 Å². The van der Waals surface area contributed by atoms with Crippen LogP contribution in [0.1, 0.15) is 15.9 Å². The molecule has 1 aromatic carbocycles. The van der Waals surface area contributed by atoms with E-state index in [1.165, 1.54) is 39.8 Å². The van der Waals surface area contributed by atoms with Crippen molar-refractivity contribution >= 4 is 17.7 Å². The summed E-state index contributed by atoms with van der Waals surface area (Å²) in [5.41, 5.74) is -0.653. The Bertz CT molecular complexity index is 936. The van der Waals surface area contributed by atoms with Crippen molar-refractivity contribution in [1.82, 2.24) is 14.9 Å². The molecule has 6 nitrogen and oxygen atoms in total. The van der Waals surface area contributed by atoms with Gasteiger partial charge in [-0.3, -0.25) is 4.79 Å². The number of aromatic nitrogens is 3. The van der Waals surface area contributed by atoms with Gasteiger partial charge in [-0.2, -0.15) is 13.2 Å². The van der Waals surface area contributed by atoms with E-state index in [0.29, 0.717) is 29.0 Å². The first kappa shape index (κ1) is 16.7. The maximum Gasteiger partial charge on any atom is 0.416 e. The van der Waals surface area contributed by atoms with Crippen molar-refractivity contribution in [3.63, 3.8) is 0 Å². The Kier molecular flexibility index (Phi) is 3.98. The molecule has 0 spiro atoms. The third kappa shape index (κ3) is 2.85. The van der Waals surface area contributed by atoms with Gasteiger partial charge in [0.1, 0.15) is 0 Å². The molecule has 10 heteroatoms. The Morgan fingerprint density at radius 3 is 2.58 bits per heavy atom. The summed E-state index contributed by atoms with van der Waals surface area (Å²) in [6.45, 7) is 0.364. The average molecular weight is 380 g/mol. The van der Waals surface area contributed by atoms with E-state index in [4.69, 9.17) is 4.42 Å². The summed E-state index contributed by atoms with van der Waals surface area (Å²) in [6, 6.07) is 7.51. The number of fused-ring (bicyclic) bond motifs is 1. The Labute approximate surface area is 149 Å². The summed E-state index contributed by atoms with van der Waals surface area (Å²) in [6.07, 6.45) is -2.97. The third-order valence-electron chi connectivity index (χ3n) is 3.82. The van der Waals surface area contributed by atoms with Crippen LogP contribution < -0.4 is 5.01 Å². The minimum Gasteiger partial charge on any atom is -0.461 e. The molecule has 3 heterocycles. The predicted molar refractivity (Wildman–Crippen MR) is 87.3 cm³/mol. The lowest BCUT2D eigenvalue weighted by Crippen LogP contribution is -2.45. The van der Waals surface area contributed by atoms with Crippen molar-refractivity contribution in [2.24, 2.45) is 0 Å². The zero-order valence-electron chi connectivity index (χ0n) is 13.1. The van der Waals surface area contributed by atoms with Crippen molar-refractivity contribution in [3.8, 4) is 11.6 Å². The molecule has 0 unspecified atom stereocenters. The fourth-order valence-corrected chi connectivity index (χ4v) is 3.45. The molecule has 0 N–H and O–H groups in total. The molecule has 26 heavy (non-hydrogen) atoms. The number of alkyl halides is 3. The summed E-state index contributed by atoms with van der Waals surface area (Å²) in [4.78, 5) is 12.9. The molecular weight excluding hydrogens is 369 g/mol. The standard InChI is InChI=1S/C16H11F3N4O2S/c17-16(18,19)11-5-3-10(4-6-11)14(24)22-7-9-26-15-21-20-13(23(15)22)12-2-1-8-25-12/h1-6,8H,7,9H2. The lowest BCUT2D eigenvalue weighted by molar-refractivity contribution is -0.137. The molecular formula is C16H11F3N4O2S. The molecule has 0 radical (unpaired) electrons. The molecule has 0 fully saturated rings. The van der Waals surface area contributed by atoms with Gasteiger partial charge >= 0.3 is 6.18 Å². The number of benzene rings is 1. The molecule has 1 aliphatic rings. The summed E-state index contributed by atoms with van der Waals surface area (Å²) < 4.78 is 45.0. The van der Waals surface area contributed by atoms with Gasteiger partial charge in [0.05, 0.1) is 18.4 Å². The quantitative estimate of drug-likeness (QED) is 0.682. The number of nitrogens with zero attached hydrogens (tertiary/aromatic N) is 4. The minimum absolute atomic E-state index is 0.148. The van der Waals surface area contributed by atoms with E-state index in [2.05, 4.69) is 10.2 Å². The first-order valence-corrected chi connectivity index (χ1v) is 8.55. The van der Waals surface area contributed by atoms with Gasteiger partial charge in [-0.15, -0.1) is 10.2 Å². The van der Waals surface area contributed by atoms with Gasteiger partial charge in [0, 0.05) is 11.3 Å². The fourth-order valence-electron chi connectivity index (χ4n) is 2.60. The number of carbonyl (C=O) groups is 1. The molecule has 4 rings (SSSR count). The van der Waals surface area contributed by atoms with Gasteiger partial charge in [0.2, 0.25) is 11.0 Å². The van der Waals surface area contributed by atoms with Crippen LogP contribution in [0.2, 0.25) is 0 Å². The summed E-state index contributed by atoms with van der Waals surface area (Å²) in [5.74, 6) is 0.963. The molecule has 0 bridgehead atoms. The van der Waals surface area contributed by atoms with Gasteiger partial charge < -0.3 is 4.42 Å². The largest absolute Gasteiger partial charge is 0.461 e. The average Bonchev–Trinajstić information content (AvgIpc) is 3.29. The number of thioether (sulfide) groups is 1. The van der Waals surface area contributed by atoms with Crippen LogP contribution in [-0.4, -0.2) is 33.1 Å². The Hall–Kier alpha value is -2.75. The monoisotopic (exact) mass is 380 g/mol. The lowest BCUT2D eigenvalue weighted by atomic mass is 10.1. The second-order valence-corrected chi connectivity index (χ2v) is 6.51. The van der Waals surface area contributed by atoms with Crippen LogP contribution in [0.4, 0.5) is 13.2 Å². The normalized spacial score (nSPS) is 14.3. The van der Waals surface area contributed by atoms with Crippen molar-refractivity contribution in [2.75, 3.05) is 17.3 Å². The van der Waals surface area contributed by atoms with Crippen LogP contribution >= 0.6 is 11.8 Å². The van der Waals surface area contributed by atoms with E-state index in [9.17, 15) is 18.0 Å². The van der Waals surface area contributed by atoms with E-state index in [-0.39, 0.29) is 5.56 Å². The Morgan fingerprint density at radius 1 is 1.15 bits per heavy atom. The highest BCUT2D eigenvalue weighted by Crippen LogP contribution is 2.31. The number of hydrogen-bond acceptors (Lipinski definition) is 5. The molecule has 0 saturated heterocycles. The van der Waals surface area contributed by atoms with E-state index in [1.807, 2.05) is 0 Å². The van der Waals surface area contributed by atoms with Crippen molar-refractivity contribution in [1.29, 1.82) is 0 Å². The van der Waals surface area contributed by atoms with Crippen molar-refractivity contribution in [3.05, 3.63) is 53.8 Å². The Morgan fingerprint density at radius 2 is 1.92 bits per heavy atom. The molecule has 134 valence electrons. The van der Waals surface area contributed by atoms with Gasteiger partial charge in [0.15, 0.2) is 5.76 Å². The first-order valence-electron chi connectivity index (χ1n) is 7.56. The number of amides is 1. The molecule has 0 atom stereocenters. The summed E-state index contributed by atoms with van der Waals surface area (Å²) in [5, 5.41) is 10.1. The number of halogens is 3. The van der Waals surface area contributed by atoms with Crippen molar-refractivity contribution in [2.45, 2.75) is 11.3 Å². The third-order valence-corrected chi connectivity index (χ3v) is 4.72. The minimum atomic E-state index is -4.45. The first-order chi connectivity index (χ1) is 12.4. The number of carbonyl (C=O) groups excluding carboxylic acids is 1. The highest BCUT2D eigenvalue weighted by molar-refractivity contribution is 7.99. The fraction of sp³-hybridized carbons (Fsp3) is 0.188. The van der Waals surface area contributed by atoms with Gasteiger partial charge in [-0.25, -0.2) is 9.69 Å². The van der Waals surface area contributed by atoms with Gasteiger partial charge in [-0.1, -0.05) is 11.8 Å². The second-order valence-electron chi connectivity index (χ2n) is 5.45. The zero-order chi connectivity index (χ0) is 18.3. The maximum absolute atomic E-state index is 12.9. The molecule has 1 aliphatic heterocycles. The van der Waals surface area contributed by atoms with E-state index in [1.54, 1.807) is 12.1 Å². The number of furan rings is 1. The predicted octanol–water partition coefficient (Wildman–Crippen LogP) is 3.44. The number of hydrogen-bond donors (Lipinski definition) is 0. The molecule has 1 amide bonds. The van der Waals surface area contributed by atoms with E-state index in [0.717, 1.165) is 12.1 Å². The van der Waals surface area contributed by atoms with E-state index >= 15 is 0 Å². The molecule has 0 saturated carbocycles. The highest BCUT2D eigenvalue weighted by atomic mass is 32.2. The van der Waals surface area contributed by atoms with Gasteiger partial charge in [0.25, 0.3) is 5.91 Å². The SMILES string of the molecule is O=C(c1ccc(C(F)(F)F)cc1)N1CCSc2nnc(-c3ccco3)n21. The zero-order valence-corrected chi connectivity index (χ0v) is 13.9. The van der Waals surface area contributed by atoms with Crippen LogP contribution in [0.5, 0.6) is 0 Å². The van der Waals surface area contributed by atoms with Crippen LogP contribution in [-0.2, 0) is 6.18 Å². The topological polar surface area (TPSA) is 64.2 Å². The maximum atomic E-state index is 12.9. The lowest BCUT2D eigenvalue weighted by Gasteiger charge is -2.28.